The van der Waals surface area contributed by atoms with Gasteiger partial charge >= 0.3 is 17.9 Å². The van der Waals surface area contributed by atoms with Crippen LogP contribution in [0.4, 0.5) is 0 Å². The van der Waals surface area contributed by atoms with E-state index in [1.165, 1.54) is 25.7 Å². The summed E-state index contributed by atoms with van der Waals surface area (Å²) in [7, 11) is 0. The van der Waals surface area contributed by atoms with E-state index in [1.54, 1.807) is 0 Å². The maximum absolute atomic E-state index is 12.8. The third kappa shape index (κ3) is 54.1. The first kappa shape index (κ1) is 64.3. The number of ether oxygens (including phenoxy) is 3. The number of rotatable bonds is 47. The van der Waals surface area contributed by atoms with Gasteiger partial charge in [-0.2, -0.15) is 0 Å². The molecule has 0 aliphatic heterocycles. The second-order valence-electron chi connectivity index (χ2n) is 17.4. The highest BCUT2D eigenvalue weighted by molar-refractivity contribution is 5.71. The van der Waals surface area contributed by atoms with E-state index < -0.39 is 6.10 Å². The molecule has 0 radical (unpaired) electrons. The maximum Gasteiger partial charge on any atom is 0.306 e. The van der Waals surface area contributed by atoms with Gasteiger partial charge in [0, 0.05) is 19.3 Å². The summed E-state index contributed by atoms with van der Waals surface area (Å²) in [6, 6.07) is 0. The molecule has 386 valence electrons. The van der Waals surface area contributed by atoms with Gasteiger partial charge in [-0.3, -0.25) is 14.4 Å². The van der Waals surface area contributed by atoms with Crippen LogP contribution < -0.4 is 0 Å². The summed E-state index contributed by atoms with van der Waals surface area (Å²) >= 11 is 0. The molecule has 0 bridgehead atoms. The molecule has 0 N–H and O–H groups in total. The van der Waals surface area contributed by atoms with Crippen molar-refractivity contribution < 1.29 is 28.6 Å². The third-order valence-electron chi connectivity index (χ3n) is 10.8. The van der Waals surface area contributed by atoms with Crippen molar-refractivity contribution in [3.8, 4) is 0 Å². The summed E-state index contributed by atoms with van der Waals surface area (Å²) in [5, 5.41) is 0. The molecule has 0 aliphatic carbocycles. The van der Waals surface area contributed by atoms with Crippen molar-refractivity contribution in [2.24, 2.45) is 0 Å². The highest BCUT2D eigenvalue weighted by Crippen LogP contribution is 2.12. The molecule has 0 aromatic heterocycles. The summed E-state index contributed by atoms with van der Waals surface area (Å²) in [6.45, 7) is 6.27. The highest BCUT2D eigenvalue weighted by Gasteiger charge is 2.19. The minimum atomic E-state index is -0.829. The zero-order chi connectivity index (χ0) is 50.0. The van der Waals surface area contributed by atoms with Crippen molar-refractivity contribution in [2.75, 3.05) is 13.2 Å². The van der Waals surface area contributed by atoms with Gasteiger partial charge < -0.3 is 14.2 Å². The van der Waals surface area contributed by atoms with Crippen LogP contribution in [-0.2, 0) is 28.6 Å². The molecule has 6 nitrogen and oxygen atoms in total. The monoisotopic (exact) mass is 951 g/mol. The topological polar surface area (TPSA) is 78.9 Å². The molecule has 1 unspecified atom stereocenters. The van der Waals surface area contributed by atoms with E-state index in [2.05, 4.69) is 167 Å². The van der Waals surface area contributed by atoms with Crippen LogP contribution in [0.1, 0.15) is 213 Å². The zero-order valence-corrected chi connectivity index (χ0v) is 44.0. The smallest absolute Gasteiger partial charge is 0.306 e. The molecular formula is C63H98O6. The SMILES string of the molecule is CCC=CCC=CCC=CCC=CCC=CCCCCCC(=O)OCC(COC(=O)CCCC=CCC=CCC=CCC=CCC=CCC)OC(=O)CCCCCCCC=CCC=CCCCCC. The summed E-state index contributed by atoms with van der Waals surface area (Å²) in [4.78, 5) is 38.1. The number of carbonyl (C=O) groups is 3. The molecule has 0 rings (SSSR count). The van der Waals surface area contributed by atoms with Crippen LogP contribution in [-0.4, -0.2) is 37.2 Å². The van der Waals surface area contributed by atoms with E-state index in [-0.39, 0.29) is 44.0 Å². The summed E-state index contributed by atoms with van der Waals surface area (Å²) in [6.07, 6.45) is 79.8. The molecule has 0 heterocycles. The lowest BCUT2D eigenvalue weighted by molar-refractivity contribution is -0.167. The number of esters is 3. The van der Waals surface area contributed by atoms with Crippen LogP contribution in [0.2, 0.25) is 0 Å². The van der Waals surface area contributed by atoms with Gasteiger partial charge in [0.1, 0.15) is 13.2 Å². The zero-order valence-electron chi connectivity index (χ0n) is 44.0. The molecule has 69 heavy (non-hydrogen) atoms. The van der Waals surface area contributed by atoms with E-state index in [4.69, 9.17) is 14.2 Å². The normalized spacial score (nSPS) is 13.3. The molecule has 0 aromatic carbocycles. The molecule has 0 saturated carbocycles. The first-order valence-electron chi connectivity index (χ1n) is 27.3. The third-order valence-corrected chi connectivity index (χ3v) is 10.8. The Morgan fingerprint density at radius 2 is 0.580 bits per heavy atom. The Kier molecular flexibility index (Phi) is 52.1. The average molecular weight is 951 g/mol. The fourth-order valence-corrected chi connectivity index (χ4v) is 6.77. The Morgan fingerprint density at radius 3 is 0.957 bits per heavy atom. The van der Waals surface area contributed by atoms with Gasteiger partial charge in [0.15, 0.2) is 6.10 Å². The van der Waals surface area contributed by atoms with Crippen LogP contribution in [0.3, 0.4) is 0 Å². The average Bonchev–Trinajstić information content (AvgIpc) is 3.35. The van der Waals surface area contributed by atoms with Crippen LogP contribution in [0.25, 0.3) is 0 Å². The van der Waals surface area contributed by atoms with E-state index >= 15 is 0 Å². The molecule has 0 spiro atoms. The molecule has 0 amide bonds. The van der Waals surface area contributed by atoms with Crippen molar-refractivity contribution in [3.63, 3.8) is 0 Å². The second kappa shape index (κ2) is 55.9. The fraction of sp³-hybridized carbons (Fsp3) is 0.571. The molecular weight excluding hydrogens is 853 g/mol. The standard InChI is InChI=1S/C63H98O6/c1-4-7-10-13-16-19-22-25-28-30-31-33-36-38-41-44-47-50-53-56-62(65)68-59-60(69-63(66)57-54-51-48-45-42-39-34-27-24-21-18-15-12-9-6-3)58-67-61(64)55-52-49-46-43-40-37-35-32-29-26-23-20-17-14-11-8-5-2/h7-8,10-11,16-21,25-29,31,33-35,37-38,41,43,46,60H,4-6,9,12-15,22-24,30,32,36,39-40,42,44-45,47-59H2,1-3H3. The first-order valence-corrected chi connectivity index (χ1v) is 27.3. The van der Waals surface area contributed by atoms with Crippen molar-refractivity contribution in [2.45, 2.75) is 219 Å². The number of hydrogen-bond donors (Lipinski definition) is 0. The Labute approximate surface area is 423 Å². The molecule has 1 atom stereocenters. The van der Waals surface area contributed by atoms with Gasteiger partial charge in [0.2, 0.25) is 0 Å². The van der Waals surface area contributed by atoms with Crippen LogP contribution >= 0.6 is 0 Å². The minimum Gasteiger partial charge on any atom is -0.462 e. The number of unbranched alkanes of at least 4 members (excludes halogenated alkanes) is 12. The first-order chi connectivity index (χ1) is 34.0. The van der Waals surface area contributed by atoms with Gasteiger partial charge in [0.05, 0.1) is 0 Å². The molecule has 6 heteroatoms. The van der Waals surface area contributed by atoms with E-state index in [0.717, 1.165) is 141 Å². The van der Waals surface area contributed by atoms with Crippen molar-refractivity contribution in [1.29, 1.82) is 0 Å². The van der Waals surface area contributed by atoms with Crippen molar-refractivity contribution in [3.05, 3.63) is 146 Å². The highest BCUT2D eigenvalue weighted by atomic mass is 16.6. The summed E-state index contributed by atoms with van der Waals surface area (Å²) < 4.78 is 16.7. The van der Waals surface area contributed by atoms with E-state index in [0.29, 0.717) is 12.8 Å². The molecule has 0 fully saturated rings. The molecule has 0 aliphatic rings. The van der Waals surface area contributed by atoms with Gasteiger partial charge in [-0.05, 0) is 135 Å². The lowest BCUT2D eigenvalue weighted by Gasteiger charge is -2.18. The van der Waals surface area contributed by atoms with Gasteiger partial charge in [-0.1, -0.05) is 205 Å². The van der Waals surface area contributed by atoms with Crippen LogP contribution in [0.15, 0.2) is 146 Å². The molecule has 0 saturated heterocycles. The number of hydrogen-bond acceptors (Lipinski definition) is 6. The fourth-order valence-electron chi connectivity index (χ4n) is 6.77. The summed E-state index contributed by atoms with van der Waals surface area (Å²) in [5.41, 5.74) is 0. The van der Waals surface area contributed by atoms with Gasteiger partial charge in [-0.25, -0.2) is 0 Å². The largest absolute Gasteiger partial charge is 0.462 e. The minimum absolute atomic E-state index is 0.125. The number of allylic oxidation sites excluding steroid dienone is 24. The quantitative estimate of drug-likeness (QED) is 0.0262. The van der Waals surface area contributed by atoms with Gasteiger partial charge in [-0.15, -0.1) is 0 Å². The molecule has 0 aromatic rings. The van der Waals surface area contributed by atoms with E-state index in [9.17, 15) is 14.4 Å². The number of carbonyl (C=O) groups excluding carboxylic acids is 3. The Hall–Kier alpha value is -4.71. The Balaban J connectivity index is 4.59. The Morgan fingerprint density at radius 1 is 0.304 bits per heavy atom. The second-order valence-corrected chi connectivity index (χ2v) is 17.4. The van der Waals surface area contributed by atoms with Gasteiger partial charge in [0.25, 0.3) is 0 Å². The van der Waals surface area contributed by atoms with Crippen LogP contribution in [0.5, 0.6) is 0 Å². The Bertz CT molecular complexity index is 1560. The van der Waals surface area contributed by atoms with Crippen LogP contribution in [0, 0.1) is 0 Å². The maximum atomic E-state index is 12.8. The van der Waals surface area contributed by atoms with Crippen molar-refractivity contribution in [1.82, 2.24) is 0 Å². The predicted octanol–water partition coefficient (Wildman–Crippen LogP) is 18.4. The van der Waals surface area contributed by atoms with E-state index in [1.807, 2.05) is 0 Å². The summed E-state index contributed by atoms with van der Waals surface area (Å²) in [5.74, 6) is -1.04. The lowest BCUT2D eigenvalue weighted by atomic mass is 10.1. The van der Waals surface area contributed by atoms with Crippen molar-refractivity contribution >= 4 is 17.9 Å². The predicted molar refractivity (Wildman–Crippen MR) is 297 cm³/mol. The lowest BCUT2D eigenvalue weighted by Crippen LogP contribution is -2.30.